The topological polar surface area (TPSA) is 26.3 Å². The van der Waals surface area contributed by atoms with E-state index in [0.29, 0.717) is 12.0 Å². The van der Waals surface area contributed by atoms with Gasteiger partial charge in [0, 0.05) is 5.57 Å². The molecule has 0 aromatic rings. The first-order chi connectivity index (χ1) is 4.18. The molecule has 0 aliphatic rings. The van der Waals surface area contributed by atoms with Crippen molar-refractivity contribution in [1.82, 2.24) is 0 Å². The van der Waals surface area contributed by atoms with Gasteiger partial charge in [-0.1, -0.05) is 6.58 Å². The van der Waals surface area contributed by atoms with Crippen LogP contribution in [0.3, 0.4) is 0 Å². The van der Waals surface area contributed by atoms with Crippen molar-refractivity contribution in [2.24, 2.45) is 0 Å². The zero-order valence-electron chi connectivity index (χ0n) is 5.52. The van der Waals surface area contributed by atoms with Crippen molar-refractivity contribution in [3.8, 4) is 0 Å². The molecule has 0 fully saturated rings. The first kappa shape index (κ1) is 8.21. The highest BCUT2D eigenvalue weighted by atomic mass is 16.5. The monoisotopic (exact) mass is 126 g/mol. The van der Waals surface area contributed by atoms with Crippen LogP contribution in [0, 0.1) is 13.5 Å². The quantitative estimate of drug-likeness (QED) is 0.423. The van der Waals surface area contributed by atoms with E-state index in [4.69, 9.17) is 0 Å². The lowest BCUT2D eigenvalue weighted by molar-refractivity contribution is -0.135. The molecule has 2 nitrogen and oxygen atoms in total. The molecule has 0 atom stereocenters. The normalized spacial score (nSPS) is 8.67. The Hall–Kier alpha value is -0.790. The highest BCUT2D eigenvalue weighted by molar-refractivity contribution is 5.87. The van der Waals surface area contributed by atoms with Gasteiger partial charge in [-0.05, 0) is 20.3 Å². The maximum absolute atomic E-state index is 10.5. The maximum atomic E-state index is 10.5. The molecule has 0 N–H and O–H groups in total. The fourth-order valence-corrected chi connectivity index (χ4v) is 0.235. The molecule has 0 unspecified atom stereocenters. The molecular formula is C7H10O2. The van der Waals surface area contributed by atoms with Crippen LogP contribution in [0.1, 0.15) is 13.3 Å². The summed E-state index contributed by atoms with van der Waals surface area (Å²) in [6, 6.07) is 0. The number of carbonyl (C=O) groups excluding carboxylic acids is 1. The molecular weight excluding hydrogens is 116 g/mol. The number of ether oxygens (including phenoxy) is 1. The molecule has 0 saturated carbocycles. The van der Waals surface area contributed by atoms with Crippen LogP contribution < -0.4 is 0 Å². The van der Waals surface area contributed by atoms with Gasteiger partial charge in [0.1, 0.15) is 6.61 Å². The minimum absolute atomic E-state index is 0.390. The Balaban J connectivity index is 3.39. The summed E-state index contributed by atoms with van der Waals surface area (Å²) < 4.78 is 4.53. The third-order valence-corrected chi connectivity index (χ3v) is 0.657. The van der Waals surface area contributed by atoms with Crippen LogP contribution in [-0.4, -0.2) is 5.97 Å². The van der Waals surface area contributed by atoms with Gasteiger partial charge in [-0.2, -0.15) is 0 Å². The van der Waals surface area contributed by atoms with E-state index in [1.807, 2.05) is 0 Å². The molecule has 0 aliphatic carbocycles. The molecule has 0 aromatic carbocycles. The van der Waals surface area contributed by atoms with Crippen molar-refractivity contribution < 1.29 is 9.53 Å². The molecule has 0 amide bonds. The van der Waals surface area contributed by atoms with Crippen LogP contribution in [0.5, 0.6) is 0 Å². The van der Waals surface area contributed by atoms with Crippen molar-refractivity contribution in [3.63, 3.8) is 0 Å². The van der Waals surface area contributed by atoms with E-state index in [-0.39, 0.29) is 0 Å². The van der Waals surface area contributed by atoms with Gasteiger partial charge in [0.25, 0.3) is 0 Å². The summed E-state index contributed by atoms with van der Waals surface area (Å²) in [5.74, 6) is -0.390. The summed E-state index contributed by atoms with van der Waals surface area (Å²) in [5.41, 5.74) is 0.403. The van der Waals surface area contributed by atoms with Crippen LogP contribution in [0.2, 0.25) is 0 Å². The third kappa shape index (κ3) is 3.76. The Morgan fingerprint density at radius 1 is 1.78 bits per heavy atom. The van der Waals surface area contributed by atoms with Crippen LogP contribution >= 0.6 is 0 Å². The lowest BCUT2D eigenvalue weighted by Gasteiger charge is -1.98. The maximum Gasteiger partial charge on any atom is 0.333 e. The van der Waals surface area contributed by atoms with Crippen LogP contribution in [0.4, 0.5) is 0 Å². The van der Waals surface area contributed by atoms with Gasteiger partial charge in [0.2, 0.25) is 0 Å². The second-order valence-corrected chi connectivity index (χ2v) is 1.64. The number of rotatable bonds is 3. The van der Waals surface area contributed by atoms with Gasteiger partial charge in [0.15, 0.2) is 0 Å². The summed E-state index contributed by atoms with van der Waals surface area (Å²) in [4.78, 5) is 10.5. The average Bonchev–Trinajstić information content (AvgIpc) is 1.82. The summed E-state index contributed by atoms with van der Waals surface area (Å²) in [5, 5.41) is 0. The molecule has 0 rings (SSSR count). The highest BCUT2D eigenvalue weighted by Crippen LogP contribution is 1.95. The molecule has 0 saturated heterocycles. The van der Waals surface area contributed by atoms with Crippen molar-refractivity contribution in [2.75, 3.05) is 0 Å². The molecule has 2 heteroatoms. The number of hydrogen-bond donors (Lipinski definition) is 0. The number of hydrogen-bond acceptors (Lipinski definition) is 2. The lowest BCUT2D eigenvalue weighted by atomic mass is 10.4. The minimum Gasteiger partial charge on any atom is -0.455 e. The van der Waals surface area contributed by atoms with E-state index in [1.165, 1.54) is 6.61 Å². The van der Waals surface area contributed by atoms with Gasteiger partial charge in [-0.15, -0.1) is 0 Å². The summed E-state index contributed by atoms with van der Waals surface area (Å²) >= 11 is 0. The first-order valence-corrected chi connectivity index (χ1v) is 2.66. The van der Waals surface area contributed by atoms with E-state index in [0.717, 1.165) is 0 Å². The Kier molecular flexibility index (Phi) is 3.76. The molecule has 9 heavy (non-hydrogen) atoms. The smallest absolute Gasteiger partial charge is 0.333 e. The molecule has 0 aromatic heterocycles. The largest absolute Gasteiger partial charge is 0.455 e. The zero-order valence-corrected chi connectivity index (χ0v) is 5.52. The Morgan fingerprint density at radius 3 is 2.67 bits per heavy atom. The van der Waals surface area contributed by atoms with Gasteiger partial charge < -0.3 is 4.74 Å². The fraction of sp³-hybridized carbons (Fsp3) is 0.286. The second kappa shape index (κ2) is 4.13. The molecule has 0 spiro atoms. The van der Waals surface area contributed by atoms with Crippen LogP contribution in [0.25, 0.3) is 0 Å². The van der Waals surface area contributed by atoms with Crippen molar-refractivity contribution in [1.29, 1.82) is 0 Å². The van der Waals surface area contributed by atoms with Gasteiger partial charge in [-0.25, -0.2) is 4.79 Å². The molecule has 0 heterocycles. The number of carbonyl (C=O) groups is 1. The highest BCUT2D eigenvalue weighted by Gasteiger charge is 2.00. The Labute approximate surface area is 55.5 Å². The zero-order chi connectivity index (χ0) is 7.28. The standard InChI is InChI=1S/C7H10O2/c1-4-5-9-7(8)6(2)3/h5H,1-2,4H2,3H3. The lowest BCUT2D eigenvalue weighted by Crippen LogP contribution is -2.01. The number of esters is 1. The molecule has 2 radical (unpaired) electrons. The van der Waals surface area contributed by atoms with E-state index in [2.05, 4.69) is 18.2 Å². The second-order valence-electron chi connectivity index (χ2n) is 1.64. The van der Waals surface area contributed by atoms with Crippen molar-refractivity contribution >= 4 is 5.97 Å². The van der Waals surface area contributed by atoms with Crippen LogP contribution in [0.15, 0.2) is 12.2 Å². The minimum atomic E-state index is -0.390. The molecule has 0 aliphatic heterocycles. The van der Waals surface area contributed by atoms with E-state index in [1.54, 1.807) is 6.92 Å². The summed E-state index contributed by atoms with van der Waals surface area (Å²) in [7, 11) is 0. The van der Waals surface area contributed by atoms with Gasteiger partial charge in [-0.3, -0.25) is 0 Å². The summed E-state index contributed by atoms with van der Waals surface area (Å²) in [6.07, 6.45) is 0.485. The van der Waals surface area contributed by atoms with Gasteiger partial charge in [0.05, 0.1) is 0 Å². The van der Waals surface area contributed by atoms with E-state index in [9.17, 15) is 4.79 Å². The third-order valence-electron chi connectivity index (χ3n) is 0.657. The molecule has 50 valence electrons. The van der Waals surface area contributed by atoms with Crippen molar-refractivity contribution in [3.05, 3.63) is 25.7 Å². The molecule has 0 bridgehead atoms. The fourth-order valence-electron chi connectivity index (χ4n) is 0.235. The average molecular weight is 126 g/mol. The van der Waals surface area contributed by atoms with Gasteiger partial charge >= 0.3 is 5.97 Å². The Morgan fingerprint density at radius 2 is 2.33 bits per heavy atom. The van der Waals surface area contributed by atoms with E-state index >= 15 is 0 Å². The van der Waals surface area contributed by atoms with Crippen LogP contribution in [-0.2, 0) is 9.53 Å². The predicted octanol–water partition coefficient (Wildman–Crippen LogP) is 1.49. The first-order valence-electron chi connectivity index (χ1n) is 2.66. The Bertz CT molecular complexity index is 116. The predicted molar refractivity (Wildman–Crippen MR) is 35.2 cm³/mol. The van der Waals surface area contributed by atoms with E-state index < -0.39 is 5.97 Å². The summed E-state index contributed by atoms with van der Waals surface area (Å²) in [6.45, 7) is 9.79. The van der Waals surface area contributed by atoms with Crippen molar-refractivity contribution in [2.45, 2.75) is 13.3 Å². The SMILES string of the molecule is [CH2]C[CH]OC(=O)C(=C)C.